The minimum Gasteiger partial charge on any atom is -0.385 e. The summed E-state index contributed by atoms with van der Waals surface area (Å²) < 4.78 is 5.08. The second-order valence-electron chi connectivity index (χ2n) is 5.67. The molecule has 21 heavy (non-hydrogen) atoms. The zero-order chi connectivity index (χ0) is 15.9. The minimum atomic E-state index is -0.174. The lowest BCUT2D eigenvalue weighted by molar-refractivity contribution is 0.0925. The summed E-state index contributed by atoms with van der Waals surface area (Å²) in [5.41, 5.74) is 0.960. The Hall–Kier alpha value is -1.35. The van der Waals surface area contributed by atoms with Gasteiger partial charge in [-0.05, 0) is 30.4 Å². The number of nitrogens with one attached hydrogen (secondary N) is 1. The van der Waals surface area contributed by atoms with Crippen LogP contribution in [0.3, 0.4) is 0 Å². The molecule has 0 aliphatic heterocycles. The molecule has 0 radical (unpaired) electrons. The van der Waals surface area contributed by atoms with Crippen molar-refractivity contribution >= 4 is 17.2 Å². The van der Waals surface area contributed by atoms with Crippen LogP contribution in [0.15, 0.2) is 6.07 Å². The Morgan fingerprint density at radius 3 is 2.86 bits per heavy atom. The summed E-state index contributed by atoms with van der Waals surface area (Å²) in [6, 6.07) is 1.84. The smallest absolute Gasteiger partial charge is 0.261 e. The van der Waals surface area contributed by atoms with Crippen molar-refractivity contribution in [3.63, 3.8) is 0 Å². The van der Waals surface area contributed by atoms with Gasteiger partial charge < -0.3 is 15.2 Å². The summed E-state index contributed by atoms with van der Waals surface area (Å²) in [7, 11) is 1.68. The molecule has 1 aromatic rings. The Morgan fingerprint density at radius 2 is 2.24 bits per heavy atom. The van der Waals surface area contributed by atoms with Gasteiger partial charge in [-0.3, -0.25) is 4.79 Å². The van der Waals surface area contributed by atoms with Crippen molar-refractivity contribution < 1.29 is 14.6 Å². The quantitative estimate of drug-likeness (QED) is 0.792. The van der Waals surface area contributed by atoms with Gasteiger partial charge in [-0.15, -0.1) is 11.3 Å². The fraction of sp³-hybridized carbons (Fsp3) is 0.562. The fourth-order valence-electron chi connectivity index (χ4n) is 1.71. The van der Waals surface area contributed by atoms with Crippen molar-refractivity contribution in [2.45, 2.75) is 27.2 Å². The first-order valence-corrected chi connectivity index (χ1v) is 7.68. The normalized spacial score (nSPS) is 10.9. The van der Waals surface area contributed by atoms with E-state index < -0.39 is 0 Å². The second kappa shape index (κ2) is 8.18. The van der Waals surface area contributed by atoms with Crippen LogP contribution in [0.5, 0.6) is 0 Å². The van der Waals surface area contributed by atoms with E-state index in [4.69, 9.17) is 9.84 Å². The zero-order valence-corrected chi connectivity index (χ0v) is 13.9. The van der Waals surface area contributed by atoms with Crippen molar-refractivity contribution in [2.75, 3.05) is 26.9 Å². The SMILES string of the molecule is COCCC(C)(C)CNC(=O)c1cc(C)c(C#CCO)s1. The fourth-order valence-corrected chi connectivity index (χ4v) is 2.67. The van der Waals surface area contributed by atoms with Crippen LogP contribution in [0.2, 0.25) is 0 Å². The van der Waals surface area contributed by atoms with Gasteiger partial charge in [-0.2, -0.15) is 0 Å². The molecule has 1 amide bonds. The van der Waals surface area contributed by atoms with E-state index in [2.05, 4.69) is 31.0 Å². The van der Waals surface area contributed by atoms with Crippen molar-refractivity contribution in [3.05, 3.63) is 21.4 Å². The van der Waals surface area contributed by atoms with Crippen LogP contribution in [0.4, 0.5) is 0 Å². The number of thiophene rings is 1. The third-order valence-electron chi connectivity index (χ3n) is 3.13. The first-order chi connectivity index (χ1) is 9.89. The highest BCUT2D eigenvalue weighted by atomic mass is 32.1. The van der Waals surface area contributed by atoms with Crippen LogP contribution in [0.1, 0.15) is 40.4 Å². The number of ether oxygens (including phenoxy) is 1. The average molecular weight is 309 g/mol. The van der Waals surface area contributed by atoms with Crippen LogP contribution >= 0.6 is 11.3 Å². The molecule has 116 valence electrons. The van der Waals surface area contributed by atoms with Crippen molar-refractivity contribution in [1.29, 1.82) is 0 Å². The topological polar surface area (TPSA) is 58.6 Å². The highest BCUT2D eigenvalue weighted by Crippen LogP contribution is 2.22. The molecule has 0 aliphatic carbocycles. The van der Waals surface area contributed by atoms with E-state index in [-0.39, 0.29) is 17.9 Å². The van der Waals surface area contributed by atoms with Crippen LogP contribution in [-0.2, 0) is 4.74 Å². The number of hydrogen-bond acceptors (Lipinski definition) is 4. The predicted molar refractivity (Wildman–Crippen MR) is 85.6 cm³/mol. The molecule has 4 nitrogen and oxygen atoms in total. The van der Waals surface area contributed by atoms with E-state index in [0.717, 1.165) is 16.9 Å². The molecular formula is C16H23NO3S. The molecule has 1 heterocycles. The van der Waals surface area contributed by atoms with E-state index >= 15 is 0 Å². The Morgan fingerprint density at radius 1 is 1.52 bits per heavy atom. The average Bonchev–Trinajstić information content (AvgIpc) is 2.82. The number of amides is 1. The number of carbonyl (C=O) groups is 1. The predicted octanol–water partition coefficient (Wildman–Crippen LogP) is 2.19. The largest absolute Gasteiger partial charge is 0.385 e. The third kappa shape index (κ3) is 5.88. The molecule has 0 fully saturated rings. The van der Waals surface area contributed by atoms with Crippen LogP contribution in [0.25, 0.3) is 0 Å². The Bertz CT molecular complexity index is 537. The third-order valence-corrected chi connectivity index (χ3v) is 4.28. The number of carbonyl (C=O) groups excluding carboxylic acids is 1. The monoisotopic (exact) mass is 309 g/mol. The molecule has 0 aromatic carbocycles. The molecule has 1 rings (SSSR count). The number of aliphatic hydroxyl groups excluding tert-OH is 1. The lowest BCUT2D eigenvalue weighted by Crippen LogP contribution is -2.34. The van der Waals surface area contributed by atoms with E-state index in [1.54, 1.807) is 7.11 Å². The number of hydrogen-bond donors (Lipinski definition) is 2. The molecule has 0 saturated carbocycles. The molecule has 0 atom stereocenters. The Balaban J connectivity index is 2.64. The molecule has 0 saturated heterocycles. The van der Waals surface area contributed by atoms with E-state index in [1.807, 2.05) is 13.0 Å². The van der Waals surface area contributed by atoms with Gasteiger partial charge >= 0.3 is 0 Å². The van der Waals surface area contributed by atoms with Gasteiger partial charge in [0, 0.05) is 20.3 Å². The Labute approximate surface area is 130 Å². The zero-order valence-electron chi connectivity index (χ0n) is 13.1. The van der Waals surface area contributed by atoms with Crippen LogP contribution in [0, 0.1) is 24.2 Å². The van der Waals surface area contributed by atoms with Crippen molar-refractivity contribution in [1.82, 2.24) is 5.32 Å². The van der Waals surface area contributed by atoms with Gasteiger partial charge in [0.2, 0.25) is 0 Å². The summed E-state index contributed by atoms with van der Waals surface area (Å²) in [5.74, 6) is 5.39. The molecule has 0 unspecified atom stereocenters. The molecule has 0 bridgehead atoms. The van der Waals surface area contributed by atoms with Gasteiger partial charge in [0.25, 0.3) is 5.91 Å². The lowest BCUT2D eigenvalue weighted by atomic mass is 9.90. The minimum absolute atomic E-state index is 0.00248. The molecular weight excluding hydrogens is 286 g/mol. The van der Waals surface area contributed by atoms with E-state index in [9.17, 15) is 4.79 Å². The highest BCUT2D eigenvalue weighted by Gasteiger charge is 2.20. The number of aliphatic hydroxyl groups is 1. The first kappa shape index (κ1) is 17.7. The summed E-state index contributed by atoms with van der Waals surface area (Å²) in [4.78, 5) is 13.7. The molecule has 5 heteroatoms. The first-order valence-electron chi connectivity index (χ1n) is 6.87. The maximum atomic E-state index is 12.2. The van der Waals surface area contributed by atoms with Gasteiger partial charge in [-0.25, -0.2) is 0 Å². The molecule has 1 aromatic heterocycles. The molecule has 0 spiro atoms. The number of rotatable bonds is 6. The van der Waals surface area contributed by atoms with Crippen molar-refractivity contribution in [3.8, 4) is 11.8 Å². The van der Waals surface area contributed by atoms with E-state index in [0.29, 0.717) is 18.0 Å². The molecule has 0 aliphatic rings. The summed E-state index contributed by atoms with van der Waals surface area (Å²) in [6.07, 6.45) is 0.889. The number of methoxy groups -OCH3 is 1. The summed E-state index contributed by atoms with van der Waals surface area (Å²) in [6.45, 7) is 7.23. The summed E-state index contributed by atoms with van der Waals surface area (Å²) in [5, 5.41) is 11.7. The second-order valence-corrected chi connectivity index (χ2v) is 6.72. The molecule has 2 N–H and O–H groups in total. The highest BCUT2D eigenvalue weighted by molar-refractivity contribution is 7.14. The van der Waals surface area contributed by atoms with Gasteiger partial charge in [-0.1, -0.05) is 25.7 Å². The van der Waals surface area contributed by atoms with E-state index in [1.165, 1.54) is 11.3 Å². The van der Waals surface area contributed by atoms with Gasteiger partial charge in [0.05, 0.1) is 9.75 Å². The van der Waals surface area contributed by atoms with Crippen molar-refractivity contribution in [2.24, 2.45) is 5.41 Å². The van der Waals surface area contributed by atoms with Crippen LogP contribution < -0.4 is 5.32 Å². The summed E-state index contributed by atoms with van der Waals surface area (Å²) >= 11 is 1.35. The van der Waals surface area contributed by atoms with Gasteiger partial charge in [0.1, 0.15) is 6.61 Å². The maximum Gasteiger partial charge on any atom is 0.261 e. The standard InChI is InChI=1S/C16H23NO3S/c1-12-10-14(21-13(12)6-5-8-18)15(19)17-11-16(2,3)7-9-20-4/h10,18H,7-9,11H2,1-4H3,(H,17,19). The number of aryl methyl sites for hydroxylation is 1. The Kier molecular flexibility index (Phi) is 6.90. The maximum absolute atomic E-state index is 12.2. The van der Waals surface area contributed by atoms with Gasteiger partial charge in [0.15, 0.2) is 0 Å². The van der Waals surface area contributed by atoms with Crippen LogP contribution in [-0.4, -0.2) is 37.9 Å². The lowest BCUT2D eigenvalue weighted by Gasteiger charge is -2.24.